The van der Waals surface area contributed by atoms with Crippen LogP contribution < -0.4 is 0 Å². The fourth-order valence-corrected chi connectivity index (χ4v) is 3.37. The smallest absolute Gasteiger partial charge is 0.321 e. The van der Waals surface area contributed by atoms with Crippen LogP contribution in [0.15, 0.2) is 0 Å². The minimum atomic E-state index is -1.43. The Morgan fingerprint density at radius 2 is 1.76 bits per heavy atom. The molecule has 0 radical (unpaired) electrons. The second-order valence-corrected chi connectivity index (χ2v) is 6.45. The molecule has 0 bridgehead atoms. The van der Waals surface area contributed by atoms with Crippen LogP contribution in [0.1, 0.15) is 33.1 Å². The van der Waals surface area contributed by atoms with E-state index in [2.05, 4.69) is 13.8 Å². The van der Waals surface area contributed by atoms with E-state index in [1.165, 1.54) is 0 Å². The normalized spacial score (nSPS) is 18.9. The molecule has 1 fully saturated rings. The lowest BCUT2D eigenvalue weighted by Crippen LogP contribution is -2.24. The van der Waals surface area contributed by atoms with Crippen molar-refractivity contribution in [3.63, 3.8) is 0 Å². The third-order valence-electron chi connectivity index (χ3n) is 2.45. The molecule has 1 aliphatic rings. The first-order valence-corrected chi connectivity index (χ1v) is 8.55. The Morgan fingerprint density at radius 1 is 1.12 bits per heavy atom. The van der Waals surface area contributed by atoms with Gasteiger partial charge >= 0.3 is 9.28 Å². The Morgan fingerprint density at radius 3 is 2.29 bits per heavy atom. The lowest BCUT2D eigenvalue weighted by Gasteiger charge is -2.15. The molecule has 0 N–H and O–H groups in total. The van der Waals surface area contributed by atoms with Gasteiger partial charge in [0.1, 0.15) is 6.10 Å². The van der Waals surface area contributed by atoms with Gasteiger partial charge in [0.25, 0.3) is 0 Å². The molecule has 1 saturated heterocycles. The van der Waals surface area contributed by atoms with Crippen molar-refractivity contribution in [3.8, 4) is 0 Å². The Bertz CT molecular complexity index is 168. The van der Waals surface area contributed by atoms with Gasteiger partial charge in [-0.05, 0) is 25.3 Å². The number of rotatable bonds is 12. The lowest BCUT2D eigenvalue weighted by molar-refractivity contribution is 0.114. The minimum absolute atomic E-state index is 0.371. The van der Waals surface area contributed by atoms with Crippen LogP contribution in [0.4, 0.5) is 0 Å². The molecule has 0 aromatic heterocycles. The largest absolute Gasteiger partial charge is 0.397 e. The zero-order valence-electron chi connectivity index (χ0n) is 11.2. The zero-order valence-corrected chi connectivity index (χ0v) is 12.3. The minimum Gasteiger partial charge on any atom is -0.397 e. The van der Waals surface area contributed by atoms with Crippen molar-refractivity contribution in [2.75, 3.05) is 33.0 Å². The fraction of sp³-hybridized carbons (Fsp3) is 1.00. The van der Waals surface area contributed by atoms with E-state index >= 15 is 0 Å². The molecule has 1 heterocycles. The average molecular weight is 262 g/mol. The molecule has 102 valence electrons. The first-order chi connectivity index (χ1) is 8.36. The van der Waals surface area contributed by atoms with Crippen LogP contribution in [0.2, 0.25) is 6.04 Å². The highest BCUT2D eigenvalue weighted by atomic mass is 28.3. The van der Waals surface area contributed by atoms with Gasteiger partial charge in [0, 0.05) is 19.8 Å². The van der Waals surface area contributed by atoms with Crippen LogP contribution in [0.5, 0.6) is 0 Å². The molecule has 0 amide bonds. The van der Waals surface area contributed by atoms with Gasteiger partial charge < -0.3 is 18.3 Å². The van der Waals surface area contributed by atoms with Crippen LogP contribution in [0.3, 0.4) is 0 Å². The SMILES string of the molecule is CCCO[SiH](CCCOCC1CO1)OCCC. The van der Waals surface area contributed by atoms with Crippen molar-refractivity contribution in [1.82, 2.24) is 0 Å². The van der Waals surface area contributed by atoms with E-state index in [-0.39, 0.29) is 0 Å². The Labute approximate surface area is 106 Å². The molecule has 0 aromatic rings. The average Bonchev–Trinajstić information content (AvgIpc) is 3.15. The highest BCUT2D eigenvalue weighted by Crippen LogP contribution is 2.09. The fourth-order valence-electron chi connectivity index (χ4n) is 1.44. The maximum Gasteiger partial charge on any atom is 0.321 e. The Hall–Kier alpha value is 0.0569. The van der Waals surface area contributed by atoms with Crippen LogP contribution >= 0.6 is 0 Å². The maximum atomic E-state index is 5.77. The van der Waals surface area contributed by atoms with Gasteiger partial charge in [-0.2, -0.15) is 0 Å². The summed E-state index contributed by atoms with van der Waals surface area (Å²) in [5, 5.41) is 0. The molecular weight excluding hydrogens is 236 g/mol. The van der Waals surface area contributed by atoms with Crippen molar-refractivity contribution in [2.45, 2.75) is 45.3 Å². The summed E-state index contributed by atoms with van der Waals surface area (Å²) in [6, 6.07) is 1.05. The van der Waals surface area contributed by atoms with Crippen LogP contribution in [0.25, 0.3) is 0 Å². The van der Waals surface area contributed by atoms with Crippen LogP contribution in [-0.2, 0) is 18.3 Å². The second kappa shape index (κ2) is 10.0. The van der Waals surface area contributed by atoms with Crippen LogP contribution in [0, 0.1) is 0 Å². The van der Waals surface area contributed by atoms with E-state index in [0.717, 1.165) is 58.3 Å². The van der Waals surface area contributed by atoms with E-state index in [4.69, 9.17) is 18.3 Å². The van der Waals surface area contributed by atoms with Crippen molar-refractivity contribution in [3.05, 3.63) is 0 Å². The third-order valence-corrected chi connectivity index (χ3v) is 4.54. The summed E-state index contributed by atoms with van der Waals surface area (Å²) >= 11 is 0. The van der Waals surface area contributed by atoms with E-state index in [1.807, 2.05) is 0 Å². The second-order valence-electron chi connectivity index (χ2n) is 4.34. The summed E-state index contributed by atoms with van der Waals surface area (Å²) in [4.78, 5) is 0. The van der Waals surface area contributed by atoms with Gasteiger partial charge in [0.05, 0.1) is 13.2 Å². The van der Waals surface area contributed by atoms with E-state index in [9.17, 15) is 0 Å². The third kappa shape index (κ3) is 8.74. The number of ether oxygens (including phenoxy) is 2. The number of hydrogen-bond acceptors (Lipinski definition) is 4. The Balaban J connectivity index is 1.95. The molecule has 17 heavy (non-hydrogen) atoms. The highest BCUT2D eigenvalue weighted by molar-refractivity contribution is 6.44. The van der Waals surface area contributed by atoms with Gasteiger partial charge in [0.2, 0.25) is 0 Å². The summed E-state index contributed by atoms with van der Waals surface area (Å²) in [6.45, 7) is 8.34. The first kappa shape index (κ1) is 15.1. The summed E-state index contributed by atoms with van der Waals surface area (Å²) in [7, 11) is -1.43. The first-order valence-electron chi connectivity index (χ1n) is 6.79. The molecular formula is C12H26O4Si. The van der Waals surface area contributed by atoms with Crippen molar-refractivity contribution < 1.29 is 18.3 Å². The standard InChI is InChI=1S/C12H26O4Si/c1-3-6-15-17(16-7-4-2)9-5-8-13-10-12-11-14-12/h12,17H,3-11H2,1-2H3. The quantitative estimate of drug-likeness (QED) is 0.306. The number of hydrogen-bond donors (Lipinski definition) is 0. The van der Waals surface area contributed by atoms with E-state index in [0.29, 0.717) is 6.10 Å². The summed E-state index contributed by atoms with van der Waals surface area (Å²) < 4.78 is 22.1. The molecule has 1 rings (SSSR count). The molecule has 1 unspecified atom stereocenters. The monoisotopic (exact) mass is 262 g/mol. The van der Waals surface area contributed by atoms with Gasteiger partial charge in [-0.3, -0.25) is 0 Å². The van der Waals surface area contributed by atoms with Crippen molar-refractivity contribution >= 4 is 9.28 Å². The van der Waals surface area contributed by atoms with E-state index in [1.54, 1.807) is 0 Å². The molecule has 1 aliphatic heterocycles. The van der Waals surface area contributed by atoms with Gasteiger partial charge in [-0.25, -0.2) is 0 Å². The molecule has 0 saturated carbocycles. The molecule has 1 atom stereocenters. The van der Waals surface area contributed by atoms with E-state index < -0.39 is 9.28 Å². The zero-order chi connectivity index (χ0) is 12.3. The molecule has 5 heteroatoms. The van der Waals surface area contributed by atoms with Crippen molar-refractivity contribution in [2.24, 2.45) is 0 Å². The molecule has 4 nitrogen and oxygen atoms in total. The van der Waals surface area contributed by atoms with Gasteiger partial charge in [0.15, 0.2) is 0 Å². The predicted molar refractivity (Wildman–Crippen MR) is 69.6 cm³/mol. The Kier molecular flexibility index (Phi) is 8.91. The summed E-state index contributed by atoms with van der Waals surface area (Å²) in [6.07, 6.45) is 3.54. The van der Waals surface area contributed by atoms with Gasteiger partial charge in [-0.15, -0.1) is 0 Å². The molecule has 0 aromatic carbocycles. The maximum absolute atomic E-state index is 5.77. The van der Waals surface area contributed by atoms with Crippen molar-refractivity contribution in [1.29, 1.82) is 0 Å². The summed E-state index contributed by atoms with van der Waals surface area (Å²) in [5.41, 5.74) is 0. The molecule has 0 spiro atoms. The topological polar surface area (TPSA) is 40.2 Å². The van der Waals surface area contributed by atoms with Crippen LogP contribution in [-0.4, -0.2) is 48.4 Å². The summed E-state index contributed by atoms with van der Waals surface area (Å²) in [5.74, 6) is 0. The predicted octanol–water partition coefficient (Wildman–Crippen LogP) is 1.87. The van der Waals surface area contributed by atoms with Gasteiger partial charge in [-0.1, -0.05) is 13.8 Å². The lowest BCUT2D eigenvalue weighted by atomic mass is 10.5. The number of epoxide rings is 1. The highest BCUT2D eigenvalue weighted by Gasteiger charge is 2.22. The molecule has 0 aliphatic carbocycles.